The molecule has 0 unspecified atom stereocenters. The van der Waals surface area contributed by atoms with Crippen molar-refractivity contribution < 1.29 is 4.42 Å². The first-order chi connectivity index (χ1) is 24.3. The molecule has 0 radical (unpaired) electrons. The van der Waals surface area contributed by atoms with Gasteiger partial charge in [0.25, 0.3) is 0 Å². The lowest BCUT2D eigenvalue weighted by Crippen LogP contribution is -2.11. The van der Waals surface area contributed by atoms with E-state index in [1.807, 2.05) is 42.5 Å². The van der Waals surface area contributed by atoms with Crippen molar-refractivity contribution in [3.05, 3.63) is 182 Å². The number of aromatic nitrogens is 3. The number of rotatable bonds is 7. The third-order valence-electron chi connectivity index (χ3n) is 8.99. The quantitative estimate of drug-likeness (QED) is 0.176. The summed E-state index contributed by atoms with van der Waals surface area (Å²) in [4.78, 5) is 2.31. The molecule has 0 saturated carbocycles. The van der Waals surface area contributed by atoms with Gasteiger partial charge in [0.2, 0.25) is 11.8 Å². The summed E-state index contributed by atoms with van der Waals surface area (Å²) in [5.74, 6) is 0.985. The van der Waals surface area contributed by atoms with Crippen LogP contribution in [-0.2, 0) is 0 Å². The van der Waals surface area contributed by atoms with Crippen LogP contribution in [-0.4, -0.2) is 14.8 Å². The van der Waals surface area contributed by atoms with Crippen LogP contribution in [0, 0.1) is 0 Å². The van der Waals surface area contributed by atoms with Crippen molar-refractivity contribution in [2.75, 3.05) is 4.90 Å². The van der Waals surface area contributed by atoms with Crippen LogP contribution >= 0.6 is 0 Å². The van der Waals surface area contributed by atoms with Crippen LogP contribution in [0.1, 0.15) is 0 Å². The standard InChI is InChI=1S/C44H30N4O/c1-3-13-31(14-4-1)37-17-7-10-20-40(37)47(34-25-23-33(24-26-34)44-46-45-43(49-44)32-15-5-2-6-16-32)35-27-29-36(30-28-35)48-41-21-11-8-18-38(41)39-19-9-12-22-42(39)48/h1-30H. The lowest BCUT2D eigenvalue weighted by atomic mass is 10.0. The van der Waals surface area contributed by atoms with Gasteiger partial charge in [0, 0.05) is 44.5 Å². The van der Waals surface area contributed by atoms with Crippen LogP contribution in [0.2, 0.25) is 0 Å². The fourth-order valence-corrected chi connectivity index (χ4v) is 6.70. The van der Waals surface area contributed by atoms with E-state index in [0.29, 0.717) is 11.8 Å². The van der Waals surface area contributed by atoms with Gasteiger partial charge < -0.3 is 13.9 Å². The van der Waals surface area contributed by atoms with Gasteiger partial charge in [-0.25, -0.2) is 0 Å². The van der Waals surface area contributed by atoms with Gasteiger partial charge in [-0.3, -0.25) is 0 Å². The molecule has 232 valence electrons. The van der Waals surface area contributed by atoms with Crippen molar-refractivity contribution in [3.63, 3.8) is 0 Å². The summed E-state index contributed by atoms with van der Waals surface area (Å²) < 4.78 is 8.42. The Kier molecular flexibility index (Phi) is 7.06. The van der Waals surface area contributed by atoms with Gasteiger partial charge >= 0.3 is 0 Å². The average molecular weight is 631 g/mol. The summed E-state index contributed by atoms with van der Waals surface area (Å²) in [5.41, 5.74) is 10.7. The Balaban J connectivity index is 1.15. The molecule has 0 N–H and O–H groups in total. The first-order valence-corrected chi connectivity index (χ1v) is 16.3. The Bertz CT molecular complexity index is 2480. The number of para-hydroxylation sites is 3. The maximum atomic E-state index is 6.07. The molecule has 7 aromatic carbocycles. The van der Waals surface area contributed by atoms with Crippen molar-refractivity contribution in [2.24, 2.45) is 0 Å². The molecule has 0 aliphatic heterocycles. The van der Waals surface area contributed by atoms with Crippen molar-refractivity contribution in [2.45, 2.75) is 0 Å². The molecule has 0 amide bonds. The molecule has 9 rings (SSSR count). The maximum absolute atomic E-state index is 6.07. The fourth-order valence-electron chi connectivity index (χ4n) is 6.70. The minimum absolute atomic E-state index is 0.483. The highest BCUT2D eigenvalue weighted by Crippen LogP contribution is 2.42. The van der Waals surface area contributed by atoms with Crippen LogP contribution in [0.25, 0.3) is 61.5 Å². The molecular formula is C44H30N4O. The SMILES string of the molecule is c1ccc(-c2nnc(-c3ccc(N(c4ccc(-n5c6ccccc6c6ccccc65)cc4)c4ccccc4-c4ccccc4)cc3)o2)cc1. The Morgan fingerprint density at radius 2 is 0.878 bits per heavy atom. The lowest BCUT2D eigenvalue weighted by Gasteiger charge is -2.28. The molecule has 0 bridgehead atoms. The zero-order valence-corrected chi connectivity index (χ0v) is 26.5. The second-order valence-electron chi connectivity index (χ2n) is 11.9. The minimum atomic E-state index is 0.483. The Hall–Kier alpha value is -6.72. The highest BCUT2D eigenvalue weighted by Gasteiger charge is 2.19. The summed E-state index contributed by atoms with van der Waals surface area (Å²) in [5, 5.41) is 11.1. The predicted octanol–water partition coefficient (Wildman–Crippen LogP) is 11.6. The Morgan fingerprint density at radius 3 is 1.49 bits per heavy atom. The zero-order valence-electron chi connectivity index (χ0n) is 26.5. The van der Waals surface area contributed by atoms with Crippen molar-refractivity contribution >= 4 is 38.9 Å². The molecule has 0 fully saturated rings. The summed E-state index contributed by atoms with van der Waals surface area (Å²) in [6.07, 6.45) is 0. The van der Waals surface area contributed by atoms with Crippen LogP contribution in [0.15, 0.2) is 186 Å². The van der Waals surface area contributed by atoms with E-state index in [1.165, 1.54) is 21.8 Å². The Labute approximate surface area is 284 Å². The van der Waals surface area contributed by atoms with Gasteiger partial charge in [0.1, 0.15) is 0 Å². The molecule has 0 spiro atoms. The molecular weight excluding hydrogens is 601 g/mol. The van der Waals surface area contributed by atoms with Gasteiger partial charge in [-0.15, -0.1) is 10.2 Å². The molecule has 0 atom stereocenters. The van der Waals surface area contributed by atoms with Gasteiger partial charge in [-0.05, 0) is 84.4 Å². The van der Waals surface area contributed by atoms with Crippen LogP contribution in [0.4, 0.5) is 17.1 Å². The molecule has 9 aromatic rings. The molecule has 5 nitrogen and oxygen atoms in total. The van der Waals surface area contributed by atoms with Gasteiger partial charge in [0.05, 0.1) is 16.7 Å². The molecule has 2 aromatic heterocycles. The van der Waals surface area contributed by atoms with Crippen LogP contribution < -0.4 is 4.90 Å². The molecule has 2 heterocycles. The number of fused-ring (bicyclic) bond motifs is 3. The topological polar surface area (TPSA) is 47.1 Å². The first-order valence-electron chi connectivity index (χ1n) is 16.3. The largest absolute Gasteiger partial charge is 0.416 e. The third kappa shape index (κ3) is 5.14. The molecule has 5 heteroatoms. The van der Waals surface area contributed by atoms with E-state index in [4.69, 9.17) is 4.42 Å². The van der Waals surface area contributed by atoms with Crippen molar-refractivity contribution in [3.8, 4) is 39.7 Å². The van der Waals surface area contributed by atoms with E-state index in [9.17, 15) is 0 Å². The van der Waals surface area contributed by atoms with Crippen molar-refractivity contribution in [1.29, 1.82) is 0 Å². The highest BCUT2D eigenvalue weighted by atomic mass is 16.4. The molecule has 49 heavy (non-hydrogen) atoms. The lowest BCUT2D eigenvalue weighted by molar-refractivity contribution is 0.584. The summed E-state index contributed by atoms with van der Waals surface area (Å²) >= 11 is 0. The van der Waals surface area contributed by atoms with Gasteiger partial charge in [0.15, 0.2) is 0 Å². The van der Waals surface area contributed by atoms with E-state index < -0.39 is 0 Å². The van der Waals surface area contributed by atoms with Crippen LogP contribution in [0.3, 0.4) is 0 Å². The number of benzene rings is 7. The molecule has 0 aliphatic carbocycles. The second kappa shape index (κ2) is 12.1. The van der Waals surface area contributed by atoms with E-state index in [0.717, 1.165) is 45.0 Å². The van der Waals surface area contributed by atoms with Gasteiger partial charge in [-0.2, -0.15) is 0 Å². The van der Waals surface area contributed by atoms with E-state index in [1.54, 1.807) is 0 Å². The summed E-state index contributed by atoms with van der Waals surface area (Å²) in [6, 6.07) is 63.3. The normalized spacial score (nSPS) is 11.3. The minimum Gasteiger partial charge on any atom is -0.416 e. The highest BCUT2D eigenvalue weighted by molar-refractivity contribution is 6.09. The number of anilines is 3. The number of hydrogen-bond acceptors (Lipinski definition) is 4. The van der Waals surface area contributed by atoms with E-state index >= 15 is 0 Å². The molecule has 0 aliphatic rings. The number of hydrogen-bond donors (Lipinski definition) is 0. The van der Waals surface area contributed by atoms with E-state index in [-0.39, 0.29) is 0 Å². The molecule has 0 saturated heterocycles. The average Bonchev–Trinajstić information content (AvgIpc) is 3.81. The predicted molar refractivity (Wildman–Crippen MR) is 200 cm³/mol. The summed E-state index contributed by atoms with van der Waals surface area (Å²) in [7, 11) is 0. The first kappa shape index (κ1) is 28.5. The third-order valence-corrected chi connectivity index (χ3v) is 8.99. The maximum Gasteiger partial charge on any atom is 0.248 e. The number of nitrogens with zero attached hydrogens (tertiary/aromatic N) is 4. The second-order valence-corrected chi connectivity index (χ2v) is 11.9. The van der Waals surface area contributed by atoms with E-state index in [2.05, 4.69) is 159 Å². The Morgan fingerprint density at radius 1 is 0.408 bits per heavy atom. The zero-order chi connectivity index (χ0) is 32.6. The van der Waals surface area contributed by atoms with Gasteiger partial charge in [-0.1, -0.05) is 103 Å². The fraction of sp³-hybridized carbons (Fsp3) is 0. The van der Waals surface area contributed by atoms with Crippen molar-refractivity contribution in [1.82, 2.24) is 14.8 Å². The smallest absolute Gasteiger partial charge is 0.248 e. The monoisotopic (exact) mass is 630 g/mol. The van der Waals surface area contributed by atoms with Crippen LogP contribution in [0.5, 0.6) is 0 Å². The summed E-state index contributed by atoms with van der Waals surface area (Å²) in [6.45, 7) is 0.